The molecule has 4 rings (SSSR count). The van der Waals surface area contributed by atoms with E-state index >= 15 is 0 Å². The Morgan fingerprint density at radius 3 is 2.80 bits per heavy atom. The second-order valence-corrected chi connectivity index (χ2v) is 6.76. The molecular formula is C17H19NOS. The Morgan fingerprint density at radius 1 is 1.05 bits per heavy atom. The maximum absolute atomic E-state index is 6.47. The second kappa shape index (κ2) is 4.90. The zero-order valence-electron chi connectivity index (χ0n) is 11.4. The van der Waals surface area contributed by atoms with Crippen LogP contribution in [0, 0.1) is 0 Å². The van der Waals surface area contributed by atoms with Crippen molar-refractivity contribution in [2.75, 3.05) is 5.73 Å². The van der Waals surface area contributed by atoms with Gasteiger partial charge in [-0.15, -0.1) is 11.3 Å². The molecule has 20 heavy (non-hydrogen) atoms. The number of nitrogens with two attached hydrogens (primary N) is 1. The van der Waals surface area contributed by atoms with Gasteiger partial charge in [0, 0.05) is 22.0 Å². The van der Waals surface area contributed by atoms with Crippen LogP contribution >= 0.6 is 11.3 Å². The van der Waals surface area contributed by atoms with Crippen molar-refractivity contribution >= 4 is 17.0 Å². The highest BCUT2D eigenvalue weighted by molar-refractivity contribution is 7.10. The number of hydrogen-bond acceptors (Lipinski definition) is 3. The van der Waals surface area contributed by atoms with Crippen LogP contribution in [0.5, 0.6) is 0 Å². The van der Waals surface area contributed by atoms with Gasteiger partial charge in [-0.3, -0.25) is 0 Å². The molecule has 1 aromatic carbocycles. The number of anilines is 1. The first kappa shape index (κ1) is 12.4. The van der Waals surface area contributed by atoms with Crippen molar-refractivity contribution in [3.05, 3.63) is 51.7 Å². The molecule has 1 aromatic heterocycles. The molecule has 0 unspecified atom stereocenters. The number of rotatable bonds is 1. The van der Waals surface area contributed by atoms with E-state index in [1.165, 1.54) is 36.1 Å². The zero-order valence-corrected chi connectivity index (χ0v) is 12.2. The smallest absolute Gasteiger partial charge is 0.111 e. The zero-order chi connectivity index (χ0) is 13.5. The Hall–Kier alpha value is -1.32. The second-order valence-electron chi connectivity index (χ2n) is 5.81. The van der Waals surface area contributed by atoms with Gasteiger partial charge in [-0.1, -0.05) is 31.0 Å². The highest BCUT2D eigenvalue weighted by Crippen LogP contribution is 2.49. The van der Waals surface area contributed by atoms with Gasteiger partial charge in [0.2, 0.25) is 0 Å². The van der Waals surface area contributed by atoms with Crippen LogP contribution in [0.2, 0.25) is 0 Å². The molecule has 2 aromatic rings. The molecule has 1 aliphatic carbocycles. The number of nitrogen functional groups attached to an aromatic ring is 1. The molecule has 0 bridgehead atoms. The predicted molar refractivity (Wildman–Crippen MR) is 83.1 cm³/mol. The Labute approximate surface area is 123 Å². The van der Waals surface area contributed by atoms with Crippen molar-refractivity contribution in [1.82, 2.24) is 0 Å². The summed E-state index contributed by atoms with van der Waals surface area (Å²) in [6.45, 7) is 0. The average Bonchev–Trinajstić information content (AvgIpc) is 2.97. The van der Waals surface area contributed by atoms with Crippen molar-refractivity contribution in [2.45, 2.75) is 43.8 Å². The fourth-order valence-electron chi connectivity index (χ4n) is 3.65. The van der Waals surface area contributed by atoms with Gasteiger partial charge in [0.25, 0.3) is 0 Å². The Kier molecular flexibility index (Phi) is 3.04. The third kappa shape index (κ3) is 1.88. The molecule has 1 aliphatic heterocycles. The molecule has 1 fully saturated rings. The third-order valence-electron chi connectivity index (χ3n) is 4.64. The van der Waals surface area contributed by atoms with E-state index in [0.717, 1.165) is 11.3 Å². The van der Waals surface area contributed by atoms with Gasteiger partial charge >= 0.3 is 0 Å². The monoisotopic (exact) mass is 285 g/mol. The molecule has 0 radical (unpaired) electrons. The molecule has 3 heteroatoms. The Morgan fingerprint density at radius 2 is 1.90 bits per heavy atom. The maximum atomic E-state index is 6.47. The van der Waals surface area contributed by atoms with Gasteiger partial charge in [-0.2, -0.15) is 0 Å². The summed E-state index contributed by atoms with van der Waals surface area (Å²) in [4.78, 5) is 1.54. The molecule has 0 spiro atoms. The van der Waals surface area contributed by atoms with Crippen LogP contribution < -0.4 is 5.73 Å². The number of hydrogen-bond donors (Lipinski definition) is 1. The molecule has 104 valence electrons. The normalized spacial score (nSPS) is 28.7. The van der Waals surface area contributed by atoms with Crippen molar-refractivity contribution in [3.8, 4) is 0 Å². The quantitative estimate of drug-likeness (QED) is 0.784. The van der Waals surface area contributed by atoms with Crippen LogP contribution in [0.3, 0.4) is 0 Å². The van der Waals surface area contributed by atoms with Crippen LogP contribution in [-0.4, -0.2) is 6.10 Å². The minimum Gasteiger partial charge on any atom is -0.398 e. The van der Waals surface area contributed by atoms with Crippen LogP contribution in [-0.2, 0) is 4.74 Å². The van der Waals surface area contributed by atoms with Crippen molar-refractivity contribution < 1.29 is 4.74 Å². The summed E-state index contributed by atoms with van der Waals surface area (Å²) < 4.78 is 6.47. The first-order chi connectivity index (χ1) is 9.84. The van der Waals surface area contributed by atoms with Crippen LogP contribution in [0.15, 0.2) is 35.7 Å². The Balaban J connectivity index is 1.80. The number of ether oxygens (including phenoxy) is 1. The van der Waals surface area contributed by atoms with E-state index < -0.39 is 0 Å². The maximum Gasteiger partial charge on any atom is 0.111 e. The SMILES string of the molecule is Nc1ccccc1[C@@H]1O[C@@H]2CCCC[C@@H]2c2sccc21. The summed E-state index contributed by atoms with van der Waals surface area (Å²) in [5, 5.41) is 2.21. The predicted octanol–water partition coefficient (Wildman–Crippen LogP) is 4.48. The number of fused-ring (bicyclic) bond motifs is 3. The van der Waals surface area contributed by atoms with Crippen molar-refractivity contribution in [1.29, 1.82) is 0 Å². The van der Waals surface area contributed by atoms with E-state index in [4.69, 9.17) is 10.5 Å². The first-order valence-corrected chi connectivity index (χ1v) is 8.29. The topological polar surface area (TPSA) is 35.2 Å². The summed E-state index contributed by atoms with van der Waals surface area (Å²) in [5.41, 5.74) is 9.47. The first-order valence-electron chi connectivity index (χ1n) is 7.42. The standard InChI is InChI=1S/C17H19NOS/c18-14-7-3-1-5-11(14)16-13-9-10-20-17(13)12-6-2-4-8-15(12)19-16/h1,3,5,7,9-10,12,15-16H,2,4,6,8,18H2/t12-,15+,16-/m0/s1. The van der Waals surface area contributed by atoms with Crippen molar-refractivity contribution in [2.24, 2.45) is 0 Å². The van der Waals surface area contributed by atoms with E-state index in [9.17, 15) is 0 Å². The molecule has 1 saturated carbocycles. The lowest BCUT2D eigenvalue weighted by atomic mass is 9.80. The summed E-state index contributed by atoms with van der Waals surface area (Å²) in [6.07, 6.45) is 5.48. The minimum atomic E-state index is 0.0248. The van der Waals surface area contributed by atoms with E-state index in [-0.39, 0.29) is 6.10 Å². The molecule has 2 nitrogen and oxygen atoms in total. The van der Waals surface area contributed by atoms with Crippen molar-refractivity contribution in [3.63, 3.8) is 0 Å². The summed E-state index contributed by atoms with van der Waals surface area (Å²) >= 11 is 1.89. The van der Waals surface area contributed by atoms with Crippen LogP contribution in [0.1, 0.15) is 53.7 Å². The molecule has 2 heterocycles. The molecule has 3 atom stereocenters. The lowest BCUT2D eigenvalue weighted by Gasteiger charge is -2.39. The molecular weight excluding hydrogens is 266 g/mol. The van der Waals surface area contributed by atoms with E-state index in [1.807, 2.05) is 29.5 Å². The molecule has 2 aliphatic rings. The highest BCUT2D eigenvalue weighted by atomic mass is 32.1. The largest absolute Gasteiger partial charge is 0.398 e. The van der Waals surface area contributed by atoms with Gasteiger partial charge in [0.05, 0.1) is 6.10 Å². The summed E-state index contributed by atoms with van der Waals surface area (Å²) in [7, 11) is 0. The lowest BCUT2D eigenvalue weighted by Crippen LogP contribution is -2.32. The molecule has 0 amide bonds. The summed E-state index contributed by atoms with van der Waals surface area (Å²) in [5.74, 6) is 0.611. The molecule has 2 N–H and O–H groups in total. The van der Waals surface area contributed by atoms with Gasteiger partial charge in [0.15, 0.2) is 0 Å². The Bertz CT molecular complexity index is 621. The number of para-hydroxylation sites is 1. The van der Waals surface area contributed by atoms with Gasteiger partial charge in [0.1, 0.15) is 6.10 Å². The fourth-order valence-corrected chi connectivity index (χ4v) is 4.76. The van der Waals surface area contributed by atoms with Gasteiger partial charge in [-0.25, -0.2) is 0 Å². The fraction of sp³-hybridized carbons (Fsp3) is 0.412. The van der Waals surface area contributed by atoms with E-state index in [2.05, 4.69) is 17.5 Å². The number of thiophene rings is 1. The highest BCUT2D eigenvalue weighted by Gasteiger charge is 2.38. The van der Waals surface area contributed by atoms with Crippen LogP contribution in [0.4, 0.5) is 5.69 Å². The average molecular weight is 285 g/mol. The minimum absolute atomic E-state index is 0.0248. The summed E-state index contributed by atoms with van der Waals surface area (Å²) in [6, 6.07) is 10.3. The van der Waals surface area contributed by atoms with E-state index in [0.29, 0.717) is 12.0 Å². The lowest BCUT2D eigenvalue weighted by molar-refractivity contribution is -0.0371. The third-order valence-corrected chi connectivity index (χ3v) is 5.70. The van der Waals surface area contributed by atoms with Gasteiger partial charge in [-0.05, 0) is 35.9 Å². The van der Waals surface area contributed by atoms with Crippen LogP contribution in [0.25, 0.3) is 0 Å². The molecule has 0 saturated heterocycles. The van der Waals surface area contributed by atoms with Gasteiger partial charge < -0.3 is 10.5 Å². The number of benzene rings is 1. The van der Waals surface area contributed by atoms with E-state index in [1.54, 1.807) is 0 Å².